The molecule has 3 heteroatoms. The summed E-state index contributed by atoms with van der Waals surface area (Å²) in [7, 11) is 0. The number of Topliss-reactive ketones (excluding diaryl/α,β-unsaturated/α-hetero) is 1. The van der Waals surface area contributed by atoms with Gasteiger partial charge in [0.25, 0.3) is 0 Å². The van der Waals surface area contributed by atoms with Crippen LogP contribution in [0.1, 0.15) is 56.3 Å². The van der Waals surface area contributed by atoms with Crippen molar-refractivity contribution in [1.29, 1.82) is 0 Å². The van der Waals surface area contributed by atoms with Crippen LogP contribution in [0, 0.1) is 0 Å². The third-order valence-electron chi connectivity index (χ3n) is 2.71. The molecular weight excluding hydrogens is 228 g/mol. The van der Waals surface area contributed by atoms with E-state index in [0.29, 0.717) is 17.7 Å². The van der Waals surface area contributed by atoms with Crippen molar-refractivity contribution in [2.45, 2.75) is 46.0 Å². The Labute approximate surface area is 108 Å². The van der Waals surface area contributed by atoms with Crippen LogP contribution in [0.4, 0.5) is 0 Å². The molecule has 0 radical (unpaired) electrons. The summed E-state index contributed by atoms with van der Waals surface area (Å²) in [5.74, 6) is 0.186. The summed E-state index contributed by atoms with van der Waals surface area (Å²) >= 11 is 0. The Morgan fingerprint density at radius 1 is 1.17 bits per heavy atom. The van der Waals surface area contributed by atoms with E-state index in [1.807, 2.05) is 0 Å². The maximum atomic E-state index is 11.5. The van der Waals surface area contributed by atoms with Gasteiger partial charge in [-0.3, -0.25) is 9.59 Å². The Morgan fingerprint density at radius 3 is 2.61 bits per heavy atom. The average molecular weight is 248 g/mol. The van der Waals surface area contributed by atoms with E-state index >= 15 is 0 Å². The summed E-state index contributed by atoms with van der Waals surface area (Å²) < 4.78 is 5.19. The first-order chi connectivity index (χ1) is 8.63. The number of hydrogen-bond donors (Lipinski definition) is 0. The minimum atomic E-state index is -0.230. The van der Waals surface area contributed by atoms with Crippen molar-refractivity contribution < 1.29 is 14.3 Å². The van der Waals surface area contributed by atoms with Gasteiger partial charge in [0.15, 0.2) is 5.78 Å². The highest BCUT2D eigenvalue weighted by Gasteiger charge is 2.06. The molecule has 0 unspecified atom stereocenters. The average Bonchev–Trinajstić information content (AvgIpc) is 2.35. The van der Waals surface area contributed by atoms with Crippen molar-refractivity contribution in [2.24, 2.45) is 0 Å². The summed E-state index contributed by atoms with van der Waals surface area (Å²) in [6.45, 7) is 3.62. The molecule has 0 bridgehead atoms. The number of unbranched alkanes of at least 4 members (excludes halogenated alkanes) is 3. The number of rotatable bonds is 7. The lowest BCUT2D eigenvalue weighted by atomic mass is 10.1. The topological polar surface area (TPSA) is 43.4 Å². The molecule has 0 aliphatic heterocycles. The van der Waals surface area contributed by atoms with Crippen LogP contribution in [-0.2, 0) is 4.79 Å². The summed E-state index contributed by atoms with van der Waals surface area (Å²) in [4.78, 5) is 22.7. The van der Waals surface area contributed by atoms with Gasteiger partial charge in [-0.25, -0.2) is 0 Å². The Balaban J connectivity index is 2.44. The Hall–Kier alpha value is -1.64. The fourth-order valence-corrected chi connectivity index (χ4v) is 1.66. The van der Waals surface area contributed by atoms with Crippen molar-refractivity contribution in [3.05, 3.63) is 29.8 Å². The second-order valence-electron chi connectivity index (χ2n) is 4.37. The summed E-state index contributed by atoms with van der Waals surface area (Å²) in [5, 5.41) is 0. The first kappa shape index (κ1) is 14.4. The van der Waals surface area contributed by atoms with Crippen molar-refractivity contribution in [3.63, 3.8) is 0 Å². The van der Waals surface area contributed by atoms with E-state index < -0.39 is 0 Å². The standard InChI is InChI=1S/C15H20O3/c1-3-4-5-6-10-15(17)18-14-9-7-8-13(11-14)12(2)16/h7-9,11H,3-6,10H2,1-2H3. The van der Waals surface area contributed by atoms with E-state index in [1.165, 1.54) is 6.92 Å². The number of benzene rings is 1. The monoisotopic (exact) mass is 248 g/mol. The van der Waals surface area contributed by atoms with Crippen molar-refractivity contribution >= 4 is 11.8 Å². The van der Waals surface area contributed by atoms with Gasteiger partial charge in [0.05, 0.1) is 0 Å². The van der Waals surface area contributed by atoms with E-state index in [-0.39, 0.29) is 11.8 Å². The predicted molar refractivity (Wildman–Crippen MR) is 70.8 cm³/mol. The number of hydrogen-bond acceptors (Lipinski definition) is 3. The third kappa shape index (κ3) is 5.13. The molecular formula is C15H20O3. The summed E-state index contributed by atoms with van der Waals surface area (Å²) in [5.41, 5.74) is 0.561. The van der Waals surface area contributed by atoms with Crippen LogP contribution >= 0.6 is 0 Å². The van der Waals surface area contributed by atoms with Gasteiger partial charge in [0.1, 0.15) is 5.75 Å². The lowest BCUT2D eigenvalue weighted by molar-refractivity contribution is -0.134. The van der Waals surface area contributed by atoms with Crippen LogP contribution in [0.5, 0.6) is 5.75 Å². The zero-order valence-corrected chi connectivity index (χ0v) is 11.1. The Morgan fingerprint density at radius 2 is 1.94 bits per heavy atom. The molecule has 1 aromatic carbocycles. The Bertz CT molecular complexity index is 410. The predicted octanol–water partition coefficient (Wildman–Crippen LogP) is 3.77. The largest absolute Gasteiger partial charge is 0.427 e. The molecule has 0 heterocycles. The molecule has 18 heavy (non-hydrogen) atoms. The number of esters is 1. The van der Waals surface area contributed by atoms with E-state index in [0.717, 1.165) is 25.7 Å². The molecule has 0 atom stereocenters. The second-order valence-corrected chi connectivity index (χ2v) is 4.37. The van der Waals surface area contributed by atoms with Gasteiger partial charge in [0, 0.05) is 12.0 Å². The summed E-state index contributed by atoms with van der Waals surface area (Å²) in [6.07, 6.45) is 4.64. The molecule has 0 aliphatic carbocycles. The SMILES string of the molecule is CCCCCCC(=O)Oc1cccc(C(C)=O)c1. The molecule has 0 fully saturated rings. The minimum Gasteiger partial charge on any atom is -0.427 e. The van der Waals surface area contributed by atoms with Crippen LogP contribution in [0.3, 0.4) is 0 Å². The molecule has 0 aliphatic rings. The lowest BCUT2D eigenvalue weighted by Crippen LogP contribution is -2.08. The van der Waals surface area contributed by atoms with E-state index in [4.69, 9.17) is 4.74 Å². The zero-order chi connectivity index (χ0) is 13.4. The minimum absolute atomic E-state index is 0.0316. The molecule has 0 N–H and O–H groups in total. The van der Waals surface area contributed by atoms with Crippen LogP contribution in [0.15, 0.2) is 24.3 Å². The van der Waals surface area contributed by atoms with Gasteiger partial charge in [0.2, 0.25) is 0 Å². The highest BCUT2D eigenvalue weighted by molar-refractivity contribution is 5.94. The highest BCUT2D eigenvalue weighted by Crippen LogP contribution is 2.15. The van der Waals surface area contributed by atoms with E-state index in [9.17, 15) is 9.59 Å². The molecule has 0 amide bonds. The van der Waals surface area contributed by atoms with Crippen LogP contribution < -0.4 is 4.74 Å². The van der Waals surface area contributed by atoms with Gasteiger partial charge in [-0.15, -0.1) is 0 Å². The molecule has 0 saturated heterocycles. The first-order valence-corrected chi connectivity index (χ1v) is 6.45. The van der Waals surface area contributed by atoms with Gasteiger partial charge in [-0.1, -0.05) is 38.3 Å². The quantitative estimate of drug-likeness (QED) is 0.319. The van der Waals surface area contributed by atoms with Crippen molar-refractivity contribution in [3.8, 4) is 5.75 Å². The fourth-order valence-electron chi connectivity index (χ4n) is 1.66. The van der Waals surface area contributed by atoms with Crippen LogP contribution in [0.25, 0.3) is 0 Å². The Kier molecular flexibility index (Phi) is 6.12. The van der Waals surface area contributed by atoms with E-state index in [2.05, 4.69) is 6.92 Å². The molecule has 0 saturated carbocycles. The smallest absolute Gasteiger partial charge is 0.311 e. The van der Waals surface area contributed by atoms with Gasteiger partial charge in [-0.05, 0) is 25.5 Å². The molecule has 0 spiro atoms. The number of carbonyl (C=O) groups excluding carboxylic acids is 2. The fraction of sp³-hybridized carbons (Fsp3) is 0.467. The normalized spacial score (nSPS) is 10.1. The first-order valence-electron chi connectivity index (χ1n) is 6.45. The molecule has 3 nitrogen and oxygen atoms in total. The maximum absolute atomic E-state index is 11.5. The molecule has 98 valence electrons. The third-order valence-corrected chi connectivity index (χ3v) is 2.71. The zero-order valence-electron chi connectivity index (χ0n) is 11.1. The number of ketones is 1. The van der Waals surface area contributed by atoms with E-state index in [1.54, 1.807) is 24.3 Å². The van der Waals surface area contributed by atoms with Gasteiger partial charge < -0.3 is 4.74 Å². The van der Waals surface area contributed by atoms with Gasteiger partial charge >= 0.3 is 5.97 Å². The molecule has 0 aromatic heterocycles. The maximum Gasteiger partial charge on any atom is 0.311 e. The van der Waals surface area contributed by atoms with Crippen LogP contribution in [-0.4, -0.2) is 11.8 Å². The lowest BCUT2D eigenvalue weighted by Gasteiger charge is -2.05. The van der Waals surface area contributed by atoms with Crippen molar-refractivity contribution in [1.82, 2.24) is 0 Å². The summed E-state index contributed by atoms with van der Waals surface area (Å²) in [6, 6.07) is 6.72. The second kappa shape index (κ2) is 7.64. The molecule has 1 rings (SSSR count). The number of carbonyl (C=O) groups is 2. The van der Waals surface area contributed by atoms with Crippen molar-refractivity contribution in [2.75, 3.05) is 0 Å². The number of ether oxygens (including phenoxy) is 1. The van der Waals surface area contributed by atoms with Gasteiger partial charge in [-0.2, -0.15) is 0 Å². The van der Waals surface area contributed by atoms with Crippen LogP contribution in [0.2, 0.25) is 0 Å². The highest BCUT2D eigenvalue weighted by atomic mass is 16.5. The molecule has 1 aromatic rings.